The largest absolute Gasteiger partial charge is 0.467 e. The zero-order valence-corrected chi connectivity index (χ0v) is 7.73. The highest BCUT2D eigenvalue weighted by molar-refractivity contribution is 5.81. The van der Waals surface area contributed by atoms with Crippen LogP contribution < -0.4 is 11.5 Å². The van der Waals surface area contributed by atoms with Gasteiger partial charge in [-0.1, -0.05) is 0 Å². The van der Waals surface area contributed by atoms with Gasteiger partial charge in [-0.3, -0.25) is 0 Å². The maximum absolute atomic E-state index is 12.4. The first-order valence-electron chi connectivity index (χ1n) is 3.93. The molecule has 0 aliphatic rings. The van der Waals surface area contributed by atoms with Crippen LogP contribution in [0.5, 0.6) is 0 Å². The van der Waals surface area contributed by atoms with Crippen LogP contribution in [0.25, 0.3) is 0 Å². The van der Waals surface area contributed by atoms with Gasteiger partial charge < -0.3 is 16.2 Å². The molecule has 0 unspecified atom stereocenters. The molecule has 0 aliphatic heterocycles. The third-order valence-corrected chi connectivity index (χ3v) is 1.83. The first kappa shape index (κ1) is 13.2. The molecule has 0 radical (unpaired) electrons. The van der Waals surface area contributed by atoms with Gasteiger partial charge in [0.1, 0.15) is 0 Å². The Morgan fingerprint density at radius 2 is 1.93 bits per heavy atom. The van der Waals surface area contributed by atoms with Crippen LogP contribution in [0.15, 0.2) is 0 Å². The Hall–Kier alpha value is -0.820. The second kappa shape index (κ2) is 4.61. The van der Waals surface area contributed by atoms with E-state index in [1.54, 1.807) is 0 Å². The Kier molecular flexibility index (Phi) is 4.34. The van der Waals surface area contributed by atoms with Gasteiger partial charge in [0.25, 0.3) is 0 Å². The Balaban J connectivity index is 4.76. The minimum atomic E-state index is -4.82. The quantitative estimate of drug-likeness (QED) is 0.653. The second-order valence-corrected chi connectivity index (χ2v) is 2.85. The topological polar surface area (TPSA) is 78.3 Å². The van der Waals surface area contributed by atoms with Crippen molar-refractivity contribution in [3.05, 3.63) is 0 Å². The van der Waals surface area contributed by atoms with E-state index in [0.29, 0.717) is 0 Å². The first-order valence-corrected chi connectivity index (χ1v) is 3.93. The molecule has 84 valence electrons. The molecule has 0 aromatic carbocycles. The van der Waals surface area contributed by atoms with Crippen molar-refractivity contribution in [2.45, 2.75) is 24.6 Å². The van der Waals surface area contributed by atoms with E-state index in [9.17, 15) is 18.0 Å². The fourth-order valence-corrected chi connectivity index (χ4v) is 0.923. The van der Waals surface area contributed by atoms with E-state index in [1.165, 1.54) is 0 Å². The molecule has 0 spiro atoms. The lowest BCUT2D eigenvalue weighted by molar-refractivity contribution is -0.205. The Morgan fingerprint density at radius 1 is 1.43 bits per heavy atom. The van der Waals surface area contributed by atoms with Gasteiger partial charge in [0.05, 0.1) is 7.11 Å². The molecular weight excluding hydrogens is 201 g/mol. The number of esters is 1. The Bertz CT molecular complexity index is 208. The molecular formula is C7H13F3N2O2. The van der Waals surface area contributed by atoms with Gasteiger partial charge >= 0.3 is 12.1 Å². The van der Waals surface area contributed by atoms with Crippen molar-refractivity contribution in [1.29, 1.82) is 0 Å². The van der Waals surface area contributed by atoms with Crippen molar-refractivity contribution in [3.8, 4) is 0 Å². The van der Waals surface area contributed by atoms with Crippen LogP contribution in [0.3, 0.4) is 0 Å². The van der Waals surface area contributed by atoms with Gasteiger partial charge in [-0.15, -0.1) is 0 Å². The molecule has 0 fully saturated rings. The molecule has 4 nitrogen and oxygen atoms in total. The summed E-state index contributed by atoms with van der Waals surface area (Å²) in [6.07, 6.45) is -5.39. The van der Waals surface area contributed by atoms with Crippen molar-refractivity contribution >= 4 is 5.97 Å². The maximum atomic E-state index is 12.4. The van der Waals surface area contributed by atoms with Crippen LogP contribution in [-0.4, -0.2) is 31.3 Å². The number of hydrogen-bond donors (Lipinski definition) is 2. The summed E-state index contributed by atoms with van der Waals surface area (Å²) in [5.41, 5.74) is 7.06. The summed E-state index contributed by atoms with van der Waals surface area (Å²) >= 11 is 0. The summed E-state index contributed by atoms with van der Waals surface area (Å²) in [5, 5.41) is 0. The number of ether oxygens (including phenoxy) is 1. The fraction of sp³-hybridized carbons (Fsp3) is 0.857. The van der Waals surface area contributed by atoms with E-state index >= 15 is 0 Å². The minimum absolute atomic E-state index is 0.00507. The van der Waals surface area contributed by atoms with Gasteiger partial charge in [-0.05, 0) is 19.4 Å². The molecule has 0 aromatic rings. The summed E-state index contributed by atoms with van der Waals surface area (Å²) in [4.78, 5) is 10.9. The van der Waals surface area contributed by atoms with E-state index in [0.717, 1.165) is 7.11 Å². The molecule has 0 aliphatic carbocycles. The molecule has 0 heterocycles. The van der Waals surface area contributed by atoms with Gasteiger partial charge in [0.15, 0.2) is 0 Å². The van der Waals surface area contributed by atoms with Gasteiger partial charge in [0, 0.05) is 0 Å². The van der Waals surface area contributed by atoms with Crippen molar-refractivity contribution in [2.24, 2.45) is 11.5 Å². The van der Waals surface area contributed by atoms with Gasteiger partial charge in [-0.2, -0.15) is 13.2 Å². The van der Waals surface area contributed by atoms with Crippen molar-refractivity contribution in [3.63, 3.8) is 0 Å². The number of carbonyl (C=O) groups is 1. The smallest absolute Gasteiger partial charge is 0.417 e. The van der Waals surface area contributed by atoms with Crippen LogP contribution >= 0.6 is 0 Å². The molecule has 0 amide bonds. The molecule has 0 aromatic heterocycles. The average Bonchev–Trinajstić information content (AvgIpc) is 2.10. The molecule has 14 heavy (non-hydrogen) atoms. The van der Waals surface area contributed by atoms with Gasteiger partial charge in [-0.25, -0.2) is 4.79 Å². The summed E-state index contributed by atoms with van der Waals surface area (Å²) < 4.78 is 41.2. The number of alkyl halides is 3. The standard InChI is InChI=1S/C7H13F3N2O2/c1-14-5(13)6(12,3-2-4-11)7(8,9)10/h2-4,11-12H2,1H3/t6-/m0/s1. The van der Waals surface area contributed by atoms with Gasteiger partial charge in [0.2, 0.25) is 5.54 Å². The Morgan fingerprint density at radius 3 is 2.21 bits per heavy atom. The third-order valence-electron chi connectivity index (χ3n) is 1.83. The SMILES string of the molecule is COC(=O)[C@@](N)(CCCN)C(F)(F)F. The monoisotopic (exact) mass is 214 g/mol. The second-order valence-electron chi connectivity index (χ2n) is 2.85. The lowest BCUT2D eigenvalue weighted by atomic mass is 9.94. The highest BCUT2D eigenvalue weighted by atomic mass is 19.4. The predicted octanol–water partition coefficient (Wildman–Crippen LogP) is 0.158. The molecule has 7 heteroatoms. The lowest BCUT2D eigenvalue weighted by Gasteiger charge is -2.28. The number of nitrogens with two attached hydrogens (primary N) is 2. The van der Waals surface area contributed by atoms with Crippen LogP contribution in [0.2, 0.25) is 0 Å². The number of halogens is 3. The highest BCUT2D eigenvalue weighted by Crippen LogP contribution is 2.32. The van der Waals surface area contributed by atoms with E-state index in [2.05, 4.69) is 4.74 Å². The highest BCUT2D eigenvalue weighted by Gasteiger charge is 2.58. The normalized spacial score (nSPS) is 16.1. The van der Waals surface area contributed by atoms with Crippen LogP contribution in [0.4, 0.5) is 13.2 Å². The van der Waals surface area contributed by atoms with Crippen LogP contribution in [0, 0.1) is 0 Å². The first-order chi connectivity index (χ1) is 6.29. The van der Waals surface area contributed by atoms with E-state index < -0.39 is 24.1 Å². The number of rotatable bonds is 4. The van der Waals surface area contributed by atoms with Crippen LogP contribution in [-0.2, 0) is 9.53 Å². The molecule has 0 saturated heterocycles. The zero-order valence-electron chi connectivity index (χ0n) is 7.73. The lowest BCUT2D eigenvalue weighted by Crippen LogP contribution is -2.60. The average molecular weight is 214 g/mol. The van der Waals surface area contributed by atoms with Crippen molar-refractivity contribution in [2.75, 3.05) is 13.7 Å². The summed E-state index contributed by atoms with van der Waals surface area (Å²) in [6.45, 7) is 0.0338. The fourth-order valence-electron chi connectivity index (χ4n) is 0.923. The molecule has 4 N–H and O–H groups in total. The van der Waals surface area contributed by atoms with Crippen molar-refractivity contribution in [1.82, 2.24) is 0 Å². The van der Waals surface area contributed by atoms with Crippen LogP contribution in [0.1, 0.15) is 12.8 Å². The van der Waals surface area contributed by atoms with Crippen molar-refractivity contribution < 1.29 is 22.7 Å². The molecule has 0 bridgehead atoms. The number of carbonyl (C=O) groups excluding carboxylic acids is 1. The Labute approximate surface area is 79.4 Å². The summed E-state index contributed by atoms with van der Waals surface area (Å²) in [7, 11) is 0.859. The van der Waals surface area contributed by atoms with E-state index in [4.69, 9.17) is 11.5 Å². The number of methoxy groups -OCH3 is 1. The maximum Gasteiger partial charge on any atom is 0.417 e. The third kappa shape index (κ3) is 2.58. The molecule has 0 rings (SSSR count). The minimum Gasteiger partial charge on any atom is -0.467 e. The predicted molar refractivity (Wildman–Crippen MR) is 43.3 cm³/mol. The summed E-state index contributed by atoms with van der Waals surface area (Å²) in [5.74, 6) is -1.49. The summed E-state index contributed by atoms with van der Waals surface area (Å²) in [6, 6.07) is 0. The number of hydrogen-bond acceptors (Lipinski definition) is 4. The molecule has 0 saturated carbocycles. The van der Waals surface area contributed by atoms with E-state index in [1.807, 2.05) is 0 Å². The zero-order chi connectivity index (χ0) is 11.4. The van der Waals surface area contributed by atoms with E-state index in [-0.39, 0.29) is 13.0 Å². The molecule has 1 atom stereocenters.